The fourth-order valence-electron chi connectivity index (χ4n) is 3.54. The van der Waals surface area contributed by atoms with E-state index in [1.807, 2.05) is 38.1 Å². The third kappa shape index (κ3) is 5.99. The highest BCUT2D eigenvalue weighted by atomic mass is 35.5. The molecule has 0 unspecified atom stereocenters. The number of hydrogen-bond donors (Lipinski definition) is 1. The first-order valence-corrected chi connectivity index (χ1v) is 13.2. The third-order valence-electron chi connectivity index (χ3n) is 5.02. The lowest BCUT2D eigenvalue weighted by atomic mass is 10.1. The van der Waals surface area contributed by atoms with Crippen LogP contribution in [0.3, 0.4) is 0 Å². The molecule has 0 bridgehead atoms. The van der Waals surface area contributed by atoms with Crippen LogP contribution in [-0.4, -0.2) is 68.3 Å². The van der Waals surface area contributed by atoms with Gasteiger partial charge >= 0.3 is 5.97 Å². The second-order valence-corrected chi connectivity index (χ2v) is 11.7. The van der Waals surface area contributed by atoms with E-state index in [1.54, 1.807) is 0 Å². The predicted octanol–water partition coefficient (Wildman–Crippen LogP) is 2.50. The van der Waals surface area contributed by atoms with Crippen molar-refractivity contribution in [1.29, 1.82) is 0 Å². The Morgan fingerprint density at radius 1 is 1.28 bits per heavy atom. The number of fused-ring (bicyclic) bond motifs is 1. The second-order valence-electron chi connectivity index (χ2n) is 8.08. The fraction of sp³-hybridized carbons (Fsp3) is 0.476. The van der Waals surface area contributed by atoms with Crippen LogP contribution in [0, 0.1) is 5.92 Å². The Kier molecular flexibility index (Phi) is 7.79. The molecule has 8 nitrogen and oxygen atoms in total. The summed E-state index contributed by atoms with van der Waals surface area (Å²) in [7, 11) is -3.16. The van der Waals surface area contributed by atoms with Gasteiger partial charge in [0.15, 0.2) is 16.4 Å². The summed E-state index contributed by atoms with van der Waals surface area (Å²) in [5.74, 6) is -1.63. The average Bonchev–Trinajstić information content (AvgIpc) is 3.27. The Morgan fingerprint density at radius 2 is 2.00 bits per heavy atom. The van der Waals surface area contributed by atoms with Crippen LogP contribution >= 0.6 is 22.9 Å². The molecule has 11 heteroatoms. The molecule has 2 heterocycles. The van der Waals surface area contributed by atoms with Gasteiger partial charge in [-0.15, -0.1) is 11.3 Å². The van der Waals surface area contributed by atoms with Gasteiger partial charge in [-0.25, -0.2) is 8.42 Å². The summed E-state index contributed by atoms with van der Waals surface area (Å²) in [6, 6.07) is 6.91. The van der Waals surface area contributed by atoms with Crippen LogP contribution in [0.15, 0.2) is 24.3 Å². The molecule has 1 atom stereocenters. The first kappa shape index (κ1) is 24.5. The predicted molar refractivity (Wildman–Crippen MR) is 124 cm³/mol. The zero-order valence-corrected chi connectivity index (χ0v) is 20.2. The van der Waals surface area contributed by atoms with Gasteiger partial charge in [0.05, 0.1) is 16.5 Å². The molecule has 2 aromatic rings. The number of benzene rings is 1. The summed E-state index contributed by atoms with van der Waals surface area (Å²) in [6.07, 6.45) is 0.376. The van der Waals surface area contributed by atoms with E-state index in [0.29, 0.717) is 22.9 Å². The molecule has 0 saturated carbocycles. The number of thiophene rings is 1. The van der Waals surface area contributed by atoms with Crippen molar-refractivity contribution in [3.63, 3.8) is 0 Å². The molecule has 1 aliphatic heterocycles. The summed E-state index contributed by atoms with van der Waals surface area (Å²) < 4.78 is 29.5. The Bertz CT molecular complexity index is 1130. The minimum Gasteiger partial charge on any atom is -0.454 e. The molecule has 2 amide bonds. The number of carbonyl (C=O) groups is 3. The molecular weight excluding hydrogens is 476 g/mol. The van der Waals surface area contributed by atoms with Crippen LogP contribution in [0.5, 0.6) is 0 Å². The lowest BCUT2D eigenvalue weighted by Gasteiger charge is -2.29. The molecule has 32 heavy (non-hydrogen) atoms. The smallest absolute Gasteiger partial charge is 0.325 e. The molecule has 1 saturated heterocycles. The van der Waals surface area contributed by atoms with Crippen molar-refractivity contribution >= 4 is 60.6 Å². The number of hydrogen-bond acceptors (Lipinski definition) is 7. The van der Waals surface area contributed by atoms with E-state index < -0.39 is 46.8 Å². The molecule has 3 rings (SSSR count). The zero-order chi connectivity index (χ0) is 23.5. The van der Waals surface area contributed by atoms with Crippen LogP contribution in [0.2, 0.25) is 5.02 Å². The van der Waals surface area contributed by atoms with Gasteiger partial charge in [0.25, 0.3) is 11.8 Å². The van der Waals surface area contributed by atoms with Crippen LogP contribution < -0.4 is 5.32 Å². The Balaban J connectivity index is 1.53. The summed E-state index contributed by atoms with van der Waals surface area (Å²) in [5.41, 5.74) is 0. The maximum Gasteiger partial charge on any atom is 0.325 e. The third-order valence-corrected chi connectivity index (χ3v) is 8.45. The number of amides is 2. The lowest BCUT2D eigenvalue weighted by Crippen LogP contribution is -2.45. The quantitative estimate of drug-likeness (QED) is 0.558. The largest absolute Gasteiger partial charge is 0.454 e. The summed E-state index contributed by atoms with van der Waals surface area (Å²) in [6.45, 7) is 3.28. The SMILES string of the molecule is CC(C)CN(C(=O)COC(=O)CNC(=O)c1sc2ccccc2c1Cl)[C@@H]1CCS(=O)(=O)C1. The van der Waals surface area contributed by atoms with E-state index in [0.717, 1.165) is 10.1 Å². The van der Waals surface area contributed by atoms with Crippen molar-refractivity contribution in [3.05, 3.63) is 34.2 Å². The summed E-state index contributed by atoms with van der Waals surface area (Å²) in [5, 5.41) is 3.54. The van der Waals surface area contributed by atoms with Gasteiger partial charge in [-0.2, -0.15) is 0 Å². The molecule has 1 aromatic heterocycles. The molecule has 0 aliphatic carbocycles. The molecule has 1 fully saturated rings. The average molecular weight is 501 g/mol. The minimum absolute atomic E-state index is 0.0473. The lowest BCUT2D eigenvalue weighted by molar-refractivity contribution is -0.152. The van der Waals surface area contributed by atoms with Crippen LogP contribution in [-0.2, 0) is 24.2 Å². The first-order valence-electron chi connectivity index (χ1n) is 10.2. The van der Waals surface area contributed by atoms with Gasteiger partial charge in [0, 0.05) is 22.7 Å². The van der Waals surface area contributed by atoms with E-state index in [2.05, 4.69) is 5.32 Å². The second kappa shape index (κ2) is 10.2. The molecular formula is C21H25ClN2O6S2. The Hall–Kier alpha value is -2.17. The van der Waals surface area contributed by atoms with Gasteiger partial charge < -0.3 is 15.0 Å². The number of sulfone groups is 1. The number of rotatable bonds is 8. The topological polar surface area (TPSA) is 110 Å². The zero-order valence-electron chi connectivity index (χ0n) is 17.8. The Morgan fingerprint density at radius 3 is 2.62 bits per heavy atom. The van der Waals surface area contributed by atoms with Gasteiger partial charge in [-0.3, -0.25) is 14.4 Å². The fourth-order valence-corrected chi connectivity index (χ4v) is 6.70. The highest BCUT2D eigenvalue weighted by Gasteiger charge is 2.35. The van der Waals surface area contributed by atoms with E-state index in [9.17, 15) is 22.8 Å². The van der Waals surface area contributed by atoms with E-state index in [-0.39, 0.29) is 17.4 Å². The first-order chi connectivity index (χ1) is 15.1. The number of halogens is 1. The number of nitrogens with zero attached hydrogens (tertiary/aromatic N) is 1. The van der Waals surface area contributed by atoms with Crippen molar-refractivity contribution in [2.75, 3.05) is 31.2 Å². The van der Waals surface area contributed by atoms with Crippen molar-refractivity contribution in [2.45, 2.75) is 26.3 Å². The summed E-state index contributed by atoms with van der Waals surface area (Å²) in [4.78, 5) is 38.9. The van der Waals surface area contributed by atoms with E-state index >= 15 is 0 Å². The molecule has 1 aromatic carbocycles. The number of carbonyl (C=O) groups excluding carboxylic acids is 3. The highest BCUT2D eigenvalue weighted by Crippen LogP contribution is 2.34. The van der Waals surface area contributed by atoms with Crippen LogP contribution in [0.4, 0.5) is 0 Å². The molecule has 0 radical (unpaired) electrons. The Labute approximate surface area is 195 Å². The van der Waals surface area contributed by atoms with E-state index in [1.165, 1.54) is 16.2 Å². The van der Waals surface area contributed by atoms with Crippen molar-refractivity contribution < 1.29 is 27.5 Å². The molecule has 0 spiro atoms. The standard InChI is InChI=1S/C21H25ClN2O6S2/c1-13(2)10-24(14-7-8-32(28,29)12-14)17(25)11-30-18(26)9-23-21(27)20-19(22)15-5-3-4-6-16(15)31-20/h3-6,13-14H,7-12H2,1-2H3,(H,23,27)/t14-/m1/s1. The van der Waals surface area contributed by atoms with Gasteiger partial charge in [-0.05, 0) is 18.4 Å². The summed E-state index contributed by atoms with van der Waals surface area (Å²) >= 11 is 7.49. The van der Waals surface area contributed by atoms with Crippen LogP contribution in [0.25, 0.3) is 10.1 Å². The van der Waals surface area contributed by atoms with Gasteiger partial charge in [-0.1, -0.05) is 43.6 Å². The highest BCUT2D eigenvalue weighted by molar-refractivity contribution is 7.91. The van der Waals surface area contributed by atoms with Crippen molar-refractivity contribution in [2.24, 2.45) is 5.92 Å². The van der Waals surface area contributed by atoms with Crippen molar-refractivity contribution in [1.82, 2.24) is 10.2 Å². The molecule has 174 valence electrons. The maximum absolute atomic E-state index is 12.6. The molecule has 1 aliphatic rings. The van der Waals surface area contributed by atoms with E-state index in [4.69, 9.17) is 16.3 Å². The minimum atomic E-state index is -3.16. The van der Waals surface area contributed by atoms with Gasteiger partial charge in [0.2, 0.25) is 0 Å². The monoisotopic (exact) mass is 500 g/mol. The van der Waals surface area contributed by atoms with Crippen molar-refractivity contribution in [3.8, 4) is 0 Å². The number of ether oxygens (including phenoxy) is 1. The molecule has 1 N–H and O–H groups in total. The normalized spacial score (nSPS) is 17.4. The van der Waals surface area contributed by atoms with Gasteiger partial charge in [0.1, 0.15) is 11.4 Å². The number of nitrogens with one attached hydrogen (secondary N) is 1. The van der Waals surface area contributed by atoms with Crippen LogP contribution in [0.1, 0.15) is 29.9 Å². The number of esters is 1. The maximum atomic E-state index is 12.6.